The molecule has 0 saturated heterocycles. The van der Waals surface area contributed by atoms with Gasteiger partial charge in [0, 0.05) is 25.2 Å². The largest absolute Gasteiger partial charge is 0.419 e. The van der Waals surface area contributed by atoms with Gasteiger partial charge in [-0.25, -0.2) is 8.78 Å². The maximum atomic E-state index is 14.0. The lowest BCUT2D eigenvalue weighted by atomic mass is 9.94. The number of hydrogen-bond acceptors (Lipinski definition) is 5. The van der Waals surface area contributed by atoms with E-state index in [0.717, 1.165) is 6.07 Å². The molecule has 0 aromatic heterocycles. The number of hydrogen-bond donors (Lipinski definition) is 1. The number of rotatable bonds is 6. The van der Waals surface area contributed by atoms with Crippen LogP contribution in [0.1, 0.15) is 33.9 Å². The van der Waals surface area contributed by atoms with Crippen molar-refractivity contribution in [1.29, 1.82) is 15.8 Å². The van der Waals surface area contributed by atoms with E-state index in [0.29, 0.717) is 41.1 Å². The van der Waals surface area contributed by atoms with E-state index in [-0.39, 0.29) is 44.7 Å². The van der Waals surface area contributed by atoms with Gasteiger partial charge in [-0.1, -0.05) is 42.5 Å². The van der Waals surface area contributed by atoms with E-state index in [1.807, 2.05) is 12.1 Å². The number of halogens is 8. The molecule has 0 fully saturated rings. The first kappa shape index (κ1) is 34.2. The van der Waals surface area contributed by atoms with E-state index in [1.165, 1.54) is 48.3 Å². The lowest BCUT2D eigenvalue weighted by molar-refractivity contribution is -0.140. The molecule has 13 heteroatoms. The Morgan fingerprint density at radius 2 is 1.20 bits per heavy atom. The monoisotopic (exact) mass is 675 g/mol. The summed E-state index contributed by atoms with van der Waals surface area (Å²) < 4.78 is 109. The average Bonchev–Trinajstić information content (AvgIpc) is 3.38. The third kappa shape index (κ3) is 6.29. The number of benzene rings is 4. The van der Waals surface area contributed by atoms with Gasteiger partial charge in [-0.15, -0.1) is 0 Å². The van der Waals surface area contributed by atoms with Gasteiger partial charge in [0.15, 0.2) is 0 Å². The summed E-state index contributed by atoms with van der Waals surface area (Å²) in [4.78, 5) is 1.46. The van der Waals surface area contributed by atoms with E-state index >= 15 is 0 Å². The highest BCUT2D eigenvalue weighted by atomic mass is 19.4. The minimum absolute atomic E-state index is 0.0142. The van der Waals surface area contributed by atoms with Gasteiger partial charge in [-0.3, -0.25) is 0 Å². The number of nitrogens with zero attached hydrogens (tertiary/aromatic N) is 4. The molecule has 1 unspecified atom stereocenters. The van der Waals surface area contributed by atoms with Crippen LogP contribution >= 0.6 is 0 Å². The minimum Gasteiger partial charge on any atom is -0.386 e. The van der Waals surface area contributed by atoms with Gasteiger partial charge in [-0.05, 0) is 69.8 Å². The highest BCUT2D eigenvalue weighted by Crippen LogP contribution is 2.47. The summed E-state index contributed by atoms with van der Waals surface area (Å²) in [6.07, 6.45) is -9.91. The van der Waals surface area contributed by atoms with Gasteiger partial charge in [0.05, 0.1) is 28.6 Å². The summed E-state index contributed by atoms with van der Waals surface area (Å²) in [5.74, 6) is -2.90. The second-order valence-corrected chi connectivity index (χ2v) is 10.9. The van der Waals surface area contributed by atoms with Crippen molar-refractivity contribution in [3.63, 3.8) is 0 Å². The molecule has 49 heavy (non-hydrogen) atoms. The van der Waals surface area contributed by atoms with Crippen LogP contribution in [0.15, 0.2) is 90.1 Å². The van der Waals surface area contributed by atoms with Gasteiger partial charge in [0.2, 0.25) is 0 Å². The molecule has 5 rings (SSSR count). The van der Waals surface area contributed by atoms with Crippen LogP contribution < -0.4 is 5.32 Å². The topological polar surface area (TPSA) is 86.6 Å². The van der Waals surface area contributed by atoms with Gasteiger partial charge in [0.1, 0.15) is 35.4 Å². The first-order chi connectivity index (χ1) is 23.1. The van der Waals surface area contributed by atoms with E-state index in [9.17, 15) is 50.9 Å². The second-order valence-electron chi connectivity index (χ2n) is 10.9. The molecule has 246 valence electrons. The Kier molecular flexibility index (Phi) is 8.95. The van der Waals surface area contributed by atoms with Gasteiger partial charge in [-0.2, -0.15) is 42.1 Å². The molecule has 0 saturated carbocycles. The molecule has 0 amide bonds. The van der Waals surface area contributed by atoms with Crippen molar-refractivity contribution in [3.05, 3.63) is 130 Å². The molecule has 0 radical (unpaired) electrons. The summed E-state index contributed by atoms with van der Waals surface area (Å²) in [5, 5.41) is 33.3. The van der Waals surface area contributed by atoms with Crippen molar-refractivity contribution < 1.29 is 35.1 Å². The molecule has 0 spiro atoms. The fourth-order valence-electron chi connectivity index (χ4n) is 5.77. The van der Waals surface area contributed by atoms with Crippen LogP contribution in [0.4, 0.5) is 35.1 Å². The molecule has 1 aliphatic rings. The summed E-state index contributed by atoms with van der Waals surface area (Å²) in [6, 6.07) is 20.2. The van der Waals surface area contributed by atoms with Crippen LogP contribution in [0.5, 0.6) is 0 Å². The standard InChI is InChI=1S/C36H21F8N5/c1-48-33-25-9-6-20(22-8-11-30(38)28(15-22)36(42,43)44)13-26(25)32(24(16-45)17-46)34(33)49(2)31(18-47)23-5-3-4-19(12-23)21-7-10-29(37)27(14-21)35(39,40)41/h3-15,31,48H,1-2H3. The van der Waals surface area contributed by atoms with Crippen LogP contribution in [0.25, 0.3) is 33.5 Å². The van der Waals surface area contributed by atoms with E-state index < -0.39 is 41.2 Å². The van der Waals surface area contributed by atoms with Crippen LogP contribution in [0, 0.1) is 45.6 Å². The molecule has 0 aliphatic heterocycles. The number of allylic oxidation sites excluding steroid dienone is 2. The summed E-state index contributed by atoms with van der Waals surface area (Å²) in [5.41, 5.74) is -1.12. The summed E-state index contributed by atoms with van der Waals surface area (Å²) in [6.45, 7) is 0. The smallest absolute Gasteiger partial charge is 0.386 e. The first-order valence-corrected chi connectivity index (χ1v) is 14.2. The zero-order valence-corrected chi connectivity index (χ0v) is 25.4. The Morgan fingerprint density at radius 1 is 0.694 bits per heavy atom. The van der Waals surface area contributed by atoms with E-state index in [2.05, 4.69) is 11.4 Å². The maximum absolute atomic E-state index is 14.0. The Morgan fingerprint density at radius 3 is 1.69 bits per heavy atom. The van der Waals surface area contributed by atoms with E-state index in [1.54, 1.807) is 19.2 Å². The Labute approximate surface area is 274 Å². The van der Waals surface area contributed by atoms with Crippen LogP contribution in [0.3, 0.4) is 0 Å². The first-order valence-electron chi connectivity index (χ1n) is 14.2. The third-order valence-electron chi connectivity index (χ3n) is 8.03. The van der Waals surface area contributed by atoms with Crippen molar-refractivity contribution in [2.75, 3.05) is 14.1 Å². The van der Waals surface area contributed by atoms with Crippen molar-refractivity contribution in [2.24, 2.45) is 0 Å². The van der Waals surface area contributed by atoms with Gasteiger partial charge >= 0.3 is 12.4 Å². The molecular formula is C36H21F8N5. The zero-order chi connectivity index (χ0) is 35.8. The molecule has 0 bridgehead atoms. The Balaban J connectivity index is 1.63. The van der Waals surface area contributed by atoms with Crippen LogP contribution in [-0.2, 0) is 12.4 Å². The predicted molar refractivity (Wildman–Crippen MR) is 164 cm³/mol. The third-order valence-corrected chi connectivity index (χ3v) is 8.03. The fourth-order valence-corrected chi connectivity index (χ4v) is 5.77. The lowest BCUT2D eigenvalue weighted by Crippen LogP contribution is -2.25. The molecular weight excluding hydrogens is 654 g/mol. The number of alkyl halides is 6. The maximum Gasteiger partial charge on any atom is 0.419 e. The Hall–Kier alpha value is -6.13. The van der Waals surface area contributed by atoms with Gasteiger partial charge < -0.3 is 10.2 Å². The molecule has 0 heterocycles. The normalized spacial score (nSPS) is 13.2. The minimum atomic E-state index is -4.96. The van der Waals surface area contributed by atoms with Crippen molar-refractivity contribution in [2.45, 2.75) is 18.4 Å². The van der Waals surface area contributed by atoms with Crippen molar-refractivity contribution in [3.8, 4) is 40.5 Å². The number of nitrogens with one attached hydrogen (secondary N) is 1. The van der Waals surface area contributed by atoms with Gasteiger partial charge in [0.25, 0.3) is 0 Å². The predicted octanol–water partition coefficient (Wildman–Crippen LogP) is 9.24. The molecule has 1 atom stereocenters. The zero-order valence-electron chi connectivity index (χ0n) is 25.4. The van der Waals surface area contributed by atoms with Crippen molar-refractivity contribution in [1.82, 2.24) is 10.2 Å². The number of fused-ring (bicyclic) bond motifs is 1. The number of nitriles is 3. The lowest BCUT2D eigenvalue weighted by Gasteiger charge is -2.29. The van der Waals surface area contributed by atoms with Crippen LogP contribution in [-0.4, -0.2) is 19.0 Å². The van der Waals surface area contributed by atoms with Crippen LogP contribution in [0.2, 0.25) is 0 Å². The molecule has 4 aromatic carbocycles. The van der Waals surface area contributed by atoms with E-state index in [4.69, 9.17) is 0 Å². The molecule has 4 aromatic rings. The molecule has 5 nitrogen and oxygen atoms in total. The SMILES string of the molecule is CNC1=C(N(C)C(C#N)c2cccc(-c3ccc(F)c(C(F)(F)F)c3)c2)C(=C(C#N)C#N)c2cc(-c3ccc(F)c(C(F)(F)F)c3)ccc21. The quantitative estimate of drug-likeness (QED) is 0.163. The van der Waals surface area contributed by atoms with Crippen molar-refractivity contribution >= 4 is 11.3 Å². The number of likely N-dealkylation sites (N-methyl/N-ethyl adjacent to an activating group) is 1. The highest BCUT2D eigenvalue weighted by molar-refractivity contribution is 6.03. The summed E-state index contributed by atoms with van der Waals surface area (Å²) >= 11 is 0. The molecule has 1 aliphatic carbocycles. The Bertz CT molecular complexity index is 2160. The fraction of sp³-hybridized carbons (Fsp3) is 0.139. The molecule has 1 N–H and O–H groups in total. The highest BCUT2D eigenvalue weighted by Gasteiger charge is 2.37. The summed E-state index contributed by atoms with van der Waals surface area (Å²) in [7, 11) is 3.05. The second kappa shape index (κ2) is 12.8. The average molecular weight is 676 g/mol.